The highest BCUT2D eigenvalue weighted by molar-refractivity contribution is 9.10. The lowest BCUT2D eigenvalue weighted by Gasteiger charge is -2.02. The van der Waals surface area contributed by atoms with Crippen molar-refractivity contribution < 1.29 is 0 Å². The summed E-state index contributed by atoms with van der Waals surface area (Å²) in [6.07, 6.45) is 5.43. The molecule has 0 aliphatic rings. The summed E-state index contributed by atoms with van der Waals surface area (Å²) in [6.45, 7) is 0. The van der Waals surface area contributed by atoms with Crippen molar-refractivity contribution in [1.82, 2.24) is 14.4 Å². The van der Waals surface area contributed by atoms with Crippen molar-refractivity contribution >= 4 is 21.4 Å². The molecular formula is C12H8BrN3. The second-order valence-electron chi connectivity index (χ2n) is 3.43. The molecule has 0 radical (unpaired) electrons. The average Bonchev–Trinajstić information content (AvgIpc) is 2.75. The highest BCUT2D eigenvalue weighted by Crippen LogP contribution is 2.23. The third-order valence-electron chi connectivity index (χ3n) is 2.42. The number of imidazole rings is 1. The minimum atomic E-state index is 0.899. The Morgan fingerprint density at radius 2 is 2.00 bits per heavy atom. The lowest BCUT2D eigenvalue weighted by atomic mass is 10.3. The van der Waals surface area contributed by atoms with E-state index in [-0.39, 0.29) is 0 Å². The SMILES string of the molecule is Brc1cccc2cnc(-c3cccnc3)n12. The van der Waals surface area contributed by atoms with Gasteiger partial charge in [-0.1, -0.05) is 6.07 Å². The Labute approximate surface area is 101 Å². The van der Waals surface area contributed by atoms with Gasteiger partial charge in [0.1, 0.15) is 5.82 Å². The molecule has 0 bridgehead atoms. The van der Waals surface area contributed by atoms with Crippen LogP contribution in [0.5, 0.6) is 0 Å². The van der Waals surface area contributed by atoms with E-state index in [9.17, 15) is 0 Å². The molecule has 3 nitrogen and oxygen atoms in total. The molecule has 0 saturated carbocycles. The third kappa shape index (κ3) is 1.42. The summed E-state index contributed by atoms with van der Waals surface area (Å²) in [6, 6.07) is 9.93. The number of fused-ring (bicyclic) bond motifs is 1. The van der Waals surface area contributed by atoms with E-state index < -0.39 is 0 Å². The van der Waals surface area contributed by atoms with Gasteiger partial charge in [0, 0.05) is 18.0 Å². The fourth-order valence-electron chi connectivity index (χ4n) is 1.71. The van der Waals surface area contributed by atoms with Crippen molar-refractivity contribution in [2.45, 2.75) is 0 Å². The molecule has 0 unspecified atom stereocenters. The molecule has 0 aliphatic heterocycles. The highest BCUT2D eigenvalue weighted by atomic mass is 79.9. The molecule has 0 saturated heterocycles. The first-order valence-electron chi connectivity index (χ1n) is 4.88. The second kappa shape index (κ2) is 3.72. The molecule has 16 heavy (non-hydrogen) atoms. The molecule has 0 atom stereocenters. The van der Waals surface area contributed by atoms with Crippen molar-refractivity contribution in [2.24, 2.45) is 0 Å². The van der Waals surface area contributed by atoms with E-state index >= 15 is 0 Å². The zero-order chi connectivity index (χ0) is 11.0. The van der Waals surface area contributed by atoms with Gasteiger partial charge >= 0.3 is 0 Å². The fourth-order valence-corrected chi connectivity index (χ4v) is 2.23. The Morgan fingerprint density at radius 1 is 1.06 bits per heavy atom. The number of nitrogens with zero attached hydrogens (tertiary/aromatic N) is 3. The molecule has 0 amide bonds. The molecule has 0 fully saturated rings. The van der Waals surface area contributed by atoms with E-state index in [0.717, 1.165) is 21.5 Å². The number of hydrogen-bond donors (Lipinski definition) is 0. The van der Waals surface area contributed by atoms with Crippen LogP contribution in [0, 0.1) is 0 Å². The summed E-state index contributed by atoms with van der Waals surface area (Å²) < 4.78 is 3.04. The highest BCUT2D eigenvalue weighted by Gasteiger charge is 2.07. The lowest BCUT2D eigenvalue weighted by Crippen LogP contribution is -1.91. The van der Waals surface area contributed by atoms with Crippen molar-refractivity contribution in [3.8, 4) is 11.4 Å². The van der Waals surface area contributed by atoms with Gasteiger partial charge in [0.05, 0.1) is 16.3 Å². The molecule has 3 aromatic heterocycles. The zero-order valence-electron chi connectivity index (χ0n) is 8.34. The van der Waals surface area contributed by atoms with Crippen LogP contribution in [-0.2, 0) is 0 Å². The van der Waals surface area contributed by atoms with Gasteiger partial charge in [-0.2, -0.15) is 0 Å². The van der Waals surface area contributed by atoms with Crippen LogP contribution in [-0.4, -0.2) is 14.4 Å². The van der Waals surface area contributed by atoms with Gasteiger partial charge in [0.2, 0.25) is 0 Å². The largest absolute Gasteiger partial charge is 0.287 e. The van der Waals surface area contributed by atoms with Gasteiger partial charge < -0.3 is 0 Å². The Kier molecular flexibility index (Phi) is 2.22. The standard InChI is InChI=1S/C12H8BrN3/c13-11-5-1-4-10-8-15-12(16(10)11)9-3-2-6-14-7-9/h1-8H. The van der Waals surface area contributed by atoms with E-state index in [2.05, 4.69) is 30.3 Å². The molecule has 4 heteroatoms. The van der Waals surface area contributed by atoms with Crippen molar-refractivity contribution in [3.05, 3.63) is 53.5 Å². The Morgan fingerprint density at radius 3 is 2.81 bits per heavy atom. The fraction of sp³-hybridized carbons (Fsp3) is 0. The first-order chi connectivity index (χ1) is 7.86. The van der Waals surface area contributed by atoms with Crippen LogP contribution in [0.25, 0.3) is 16.9 Å². The van der Waals surface area contributed by atoms with Crippen LogP contribution >= 0.6 is 15.9 Å². The molecule has 0 aliphatic carbocycles. The molecule has 3 rings (SSSR count). The normalized spacial score (nSPS) is 10.8. The predicted octanol–water partition coefficient (Wildman–Crippen LogP) is 3.16. The van der Waals surface area contributed by atoms with Gasteiger partial charge in [-0.05, 0) is 40.2 Å². The van der Waals surface area contributed by atoms with Crippen molar-refractivity contribution in [1.29, 1.82) is 0 Å². The summed E-state index contributed by atoms with van der Waals surface area (Å²) in [5, 5.41) is 0. The maximum Gasteiger partial charge on any atom is 0.146 e. The van der Waals surface area contributed by atoms with Crippen molar-refractivity contribution in [2.75, 3.05) is 0 Å². The topological polar surface area (TPSA) is 30.2 Å². The average molecular weight is 274 g/mol. The van der Waals surface area contributed by atoms with Crippen LogP contribution < -0.4 is 0 Å². The van der Waals surface area contributed by atoms with Crippen molar-refractivity contribution in [3.63, 3.8) is 0 Å². The predicted molar refractivity (Wildman–Crippen MR) is 66.1 cm³/mol. The molecule has 3 heterocycles. The van der Waals surface area contributed by atoms with Crippen LogP contribution in [0.15, 0.2) is 53.5 Å². The zero-order valence-corrected chi connectivity index (χ0v) is 9.92. The number of rotatable bonds is 1. The number of pyridine rings is 2. The van der Waals surface area contributed by atoms with Gasteiger partial charge in [0.15, 0.2) is 0 Å². The Hall–Kier alpha value is -1.68. The van der Waals surface area contributed by atoms with Gasteiger partial charge in [0.25, 0.3) is 0 Å². The number of aromatic nitrogens is 3. The van der Waals surface area contributed by atoms with Crippen LogP contribution in [0.3, 0.4) is 0 Å². The van der Waals surface area contributed by atoms with E-state index in [1.54, 1.807) is 6.20 Å². The summed E-state index contributed by atoms with van der Waals surface area (Å²) >= 11 is 3.53. The Balaban J connectivity index is 2.33. The molecule has 0 aromatic carbocycles. The van der Waals surface area contributed by atoms with Gasteiger partial charge in [-0.3, -0.25) is 9.38 Å². The van der Waals surface area contributed by atoms with Crippen LogP contribution in [0.1, 0.15) is 0 Å². The summed E-state index contributed by atoms with van der Waals surface area (Å²) in [5.41, 5.74) is 2.07. The minimum absolute atomic E-state index is 0.899. The monoisotopic (exact) mass is 273 g/mol. The first-order valence-corrected chi connectivity index (χ1v) is 5.68. The second-order valence-corrected chi connectivity index (χ2v) is 4.24. The molecule has 0 spiro atoms. The number of hydrogen-bond acceptors (Lipinski definition) is 2. The molecular weight excluding hydrogens is 266 g/mol. The quantitative estimate of drug-likeness (QED) is 0.638. The summed E-state index contributed by atoms with van der Waals surface area (Å²) in [4.78, 5) is 8.53. The lowest BCUT2D eigenvalue weighted by molar-refractivity contribution is 1.12. The Bertz CT molecular complexity index is 631. The maximum atomic E-state index is 4.42. The van der Waals surface area contributed by atoms with E-state index in [1.165, 1.54) is 0 Å². The maximum absolute atomic E-state index is 4.42. The van der Waals surface area contributed by atoms with E-state index in [4.69, 9.17) is 0 Å². The van der Waals surface area contributed by atoms with E-state index in [0.29, 0.717) is 0 Å². The molecule has 3 aromatic rings. The third-order valence-corrected chi connectivity index (χ3v) is 3.04. The summed E-state index contributed by atoms with van der Waals surface area (Å²) in [5.74, 6) is 0.899. The smallest absolute Gasteiger partial charge is 0.146 e. The minimum Gasteiger partial charge on any atom is -0.287 e. The van der Waals surface area contributed by atoms with Crippen LogP contribution in [0.2, 0.25) is 0 Å². The number of halogens is 1. The summed E-state index contributed by atoms with van der Waals surface area (Å²) in [7, 11) is 0. The van der Waals surface area contributed by atoms with Gasteiger partial charge in [-0.25, -0.2) is 4.98 Å². The first kappa shape index (κ1) is 9.54. The molecule has 0 N–H and O–H groups in total. The molecule has 78 valence electrons. The van der Waals surface area contributed by atoms with E-state index in [1.807, 2.05) is 42.7 Å². The van der Waals surface area contributed by atoms with Gasteiger partial charge in [-0.15, -0.1) is 0 Å². The van der Waals surface area contributed by atoms with Crippen LogP contribution in [0.4, 0.5) is 0 Å².